The van der Waals surface area contributed by atoms with Crippen LogP contribution >= 0.6 is 0 Å². The first-order valence-corrected chi connectivity index (χ1v) is 6.09. The van der Waals surface area contributed by atoms with Gasteiger partial charge < -0.3 is 10.6 Å². The number of amides is 2. The number of nitrogens with zero attached hydrogens (tertiary/aromatic N) is 2. The van der Waals surface area contributed by atoms with E-state index in [0.717, 1.165) is 0 Å². The molecule has 1 aliphatic heterocycles. The molecule has 0 saturated carbocycles. The Hall–Kier alpha value is -2.30. The second-order valence-corrected chi connectivity index (χ2v) is 4.64. The van der Waals surface area contributed by atoms with E-state index in [1.54, 1.807) is 43.3 Å². The summed E-state index contributed by atoms with van der Waals surface area (Å²) in [7, 11) is 3.55. The Morgan fingerprint density at radius 2 is 1.89 bits per heavy atom. The van der Waals surface area contributed by atoms with Crippen molar-refractivity contribution in [2.45, 2.75) is 6.42 Å². The van der Waals surface area contributed by atoms with Crippen LogP contribution in [-0.4, -0.2) is 42.3 Å². The second-order valence-electron chi connectivity index (χ2n) is 4.64. The highest BCUT2D eigenvalue weighted by molar-refractivity contribution is 6.11. The first-order chi connectivity index (χ1) is 9.02. The molecule has 1 saturated heterocycles. The largest absolute Gasteiger partial charge is 0.385 e. The topological polar surface area (TPSA) is 66.6 Å². The lowest BCUT2D eigenvalue weighted by Crippen LogP contribution is -2.33. The highest BCUT2D eigenvalue weighted by atomic mass is 16.2. The van der Waals surface area contributed by atoms with Crippen LogP contribution in [0, 0.1) is 0 Å². The third-order valence-corrected chi connectivity index (χ3v) is 3.15. The lowest BCUT2D eigenvalue weighted by Gasteiger charge is -2.16. The van der Waals surface area contributed by atoms with Crippen molar-refractivity contribution in [1.82, 2.24) is 9.80 Å². The van der Waals surface area contributed by atoms with Gasteiger partial charge in [0.15, 0.2) is 0 Å². The monoisotopic (exact) mass is 259 g/mol. The van der Waals surface area contributed by atoms with Gasteiger partial charge in [0.25, 0.3) is 11.8 Å². The fourth-order valence-electron chi connectivity index (χ4n) is 2.03. The molecule has 5 nitrogen and oxygen atoms in total. The van der Waals surface area contributed by atoms with E-state index >= 15 is 0 Å². The summed E-state index contributed by atoms with van der Waals surface area (Å²) in [6.07, 6.45) is 0.501. The molecule has 0 unspecified atom stereocenters. The van der Waals surface area contributed by atoms with Crippen LogP contribution in [0.5, 0.6) is 0 Å². The third kappa shape index (κ3) is 2.45. The van der Waals surface area contributed by atoms with Gasteiger partial charge in [0.1, 0.15) is 5.82 Å². The first-order valence-electron chi connectivity index (χ1n) is 6.09. The van der Waals surface area contributed by atoms with Crippen molar-refractivity contribution in [3.8, 4) is 0 Å². The zero-order valence-electron chi connectivity index (χ0n) is 11.1. The van der Waals surface area contributed by atoms with Crippen molar-refractivity contribution >= 4 is 11.8 Å². The molecule has 2 N–H and O–H groups in total. The van der Waals surface area contributed by atoms with Crippen molar-refractivity contribution < 1.29 is 9.59 Å². The summed E-state index contributed by atoms with van der Waals surface area (Å²) in [5, 5.41) is 0. The molecule has 1 fully saturated rings. The smallest absolute Gasteiger partial charge is 0.260 e. The number of rotatable bonds is 2. The quantitative estimate of drug-likeness (QED) is 0.630. The third-order valence-electron chi connectivity index (χ3n) is 3.15. The molecule has 1 aliphatic rings. The average Bonchev–Trinajstić information content (AvgIpc) is 2.79. The maximum Gasteiger partial charge on any atom is 0.260 e. The van der Waals surface area contributed by atoms with Gasteiger partial charge in [-0.25, -0.2) is 0 Å². The fourth-order valence-corrected chi connectivity index (χ4v) is 2.03. The molecule has 2 rings (SSSR count). The summed E-state index contributed by atoms with van der Waals surface area (Å²) in [6, 6.07) is 8.79. The van der Waals surface area contributed by atoms with Crippen molar-refractivity contribution in [3.63, 3.8) is 0 Å². The Bertz CT molecular complexity index is 535. The summed E-state index contributed by atoms with van der Waals surface area (Å²) in [5.41, 5.74) is 6.88. The van der Waals surface area contributed by atoms with Crippen molar-refractivity contribution in [3.05, 3.63) is 47.3 Å². The zero-order chi connectivity index (χ0) is 14.0. The van der Waals surface area contributed by atoms with Gasteiger partial charge in [-0.15, -0.1) is 0 Å². The van der Waals surface area contributed by atoms with Crippen LogP contribution in [0.1, 0.15) is 16.8 Å². The second kappa shape index (κ2) is 5.14. The summed E-state index contributed by atoms with van der Waals surface area (Å²) in [4.78, 5) is 27.4. The standard InChI is InChI=1S/C14H17N3O2/c1-16(2)12(15)11-8-9-17(14(11)19)13(18)10-6-4-3-5-7-10/h3-7H,8-9,15H2,1-2H3/b12-11+. The van der Waals surface area contributed by atoms with E-state index in [4.69, 9.17) is 5.73 Å². The Labute approximate surface area is 112 Å². The lowest BCUT2D eigenvalue weighted by atomic mass is 10.2. The summed E-state index contributed by atoms with van der Waals surface area (Å²) < 4.78 is 0. The molecule has 0 spiro atoms. The molecule has 1 heterocycles. The molecule has 5 heteroatoms. The Kier molecular flexibility index (Phi) is 3.55. The molecule has 0 aliphatic carbocycles. The molecule has 0 bridgehead atoms. The van der Waals surface area contributed by atoms with Crippen molar-refractivity contribution in [1.29, 1.82) is 0 Å². The van der Waals surface area contributed by atoms with Gasteiger partial charge in [-0.05, 0) is 18.6 Å². The molecule has 1 aromatic rings. The van der Waals surface area contributed by atoms with Gasteiger partial charge in [0.2, 0.25) is 0 Å². The van der Waals surface area contributed by atoms with Crippen molar-refractivity contribution in [2.75, 3.05) is 20.6 Å². The molecule has 0 aromatic heterocycles. The minimum Gasteiger partial charge on any atom is -0.385 e. The molecular weight excluding hydrogens is 242 g/mol. The van der Waals surface area contributed by atoms with Gasteiger partial charge in [0.05, 0.1) is 5.57 Å². The van der Waals surface area contributed by atoms with E-state index in [1.165, 1.54) is 4.90 Å². The van der Waals surface area contributed by atoms with E-state index in [-0.39, 0.29) is 11.8 Å². The zero-order valence-corrected chi connectivity index (χ0v) is 11.1. The molecule has 100 valence electrons. The molecular formula is C14H17N3O2. The predicted molar refractivity (Wildman–Crippen MR) is 72.0 cm³/mol. The van der Waals surface area contributed by atoms with E-state index in [2.05, 4.69) is 0 Å². The van der Waals surface area contributed by atoms with E-state index < -0.39 is 0 Å². The van der Waals surface area contributed by atoms with Gasteiger partial charge in [-0.3, -0.25) is 14.5 Å². The number of carbonyl (C=O) groups excluding carboxylic acids is 2. The Balaban J connectivity index is 2.24. The van der Waals surface area contributed by atoms with E-state index in [1.807, 2.05) is 6.07 Å². The molecule has 19 heavy (non-hydrogen) atoms. The number of hydrogen-bond donors (Lipinski definition) is 1. The maximum atomic E-state index is 12.2. The molecule has 2 amide bonds. The Morgan fingerprint density at radius 3 is 2.47 bits per heavy atom. The Morgan fingerprint density at radius 1 is 1.26 bits per heavy atom. The van der Waals surface area contributed by atoms with Gasteiger partial charge >= 0.3 is 0 Å². The molecule has 0 atom stereocenters. The number of hydrogen-bond acceptors (Lipinski definition) is 4. The lowest BCUT2D eigenvalue weighted by molar-refractivity contribution is -0.122. The van der Waals surface area contributed by atoms with E-state index in [0.29, 0.717) is 29.9 Å². The molecule has 0 radical (unpaired) electrons. The van der Waals surface area contributed by atoms with E-state index in [9.17, 15) is 9.59 Å². The first kappa shape index (κ1) is 13.1. The number of likely N-dealkylation sites (tertiary alicyclic amines) is 1. The van der Waals surface area contributed by atoms with Gasteiger partial charge in [-0.2, -0.15) is 0 Å². The van der Waals surface area contributed by atoms with Gasteiger partial charge in [-0.1, -0.05) is 18.2 Å². The highest BCUT2D eigenvalue weighted by Crippen LogP contribution is 2.21. The SMILES string of the molecule is CN(C)/C(N)=C1\CCN(C(=O)c2ccccc2)C1=O. The minimum atomic E-state index is -0.292. The maximum absolute atomic E-state index is 12.2. The number of benzene rings is 1. The molecule has 1 aromatic carbocycles. The average molecular weight is 259 g/mol. The number of carbonyl (C=O) groups is 2. The van der Waals surface area contributed by atoms with Crippen LogP contribution in [0.25, 0.3) is 0 Å². The van der Waals surface area contributed by atoms with Crippen LogP contribution < -0.4 is 5.73 Å². The van der Waals surface area contributed by atoms with Crippen LogP contribution in [0.4, 0.5) is 0 Å². The summed E-state index contributed by atoms with van der Waals surface area (Å²) >= 11 is 0. The van der Waals surface area contributed by atoms with Crippen LogP contribution in [0.2, 0.25) is 0 Å². The predicted octanol–water partition coefficient (Wildman–Crippen LogP) is 0.791. The fraction of sp³-hybridized carbons (Fsp3) is 0.286. The number of nitrogens with two attached hydrogens (primary N) is 1. The normalized spacial score (nSPS) is 17.6. The van der Waals surface area contributed by atoms with Crippen LogP contribution in [-0.2, 0) is 4.79 Å². The highest BCUT2D eigenvalue weighted by Gasteiger charge is 2.33. The summed E-state index contributed by atoms with van der Waals surface area (Å²) in [5.74, 6) is -0.138. The van der Waals surface area contributed by atoms with Crippen LogP contribution in [0.15, 0.2) is 41.7 Å². The van der Waals surface area contributed by atoms with Gasteiger partial charge in [0, 0.05) is 26.2 Å². The van der Waals surface area contributed by atoms with Crippen molar-refractivity contribution in [2.24, 2.45) is 5.73 Å². The minimum absolute atomic E-state index is 0.271. The number of imide groups is 1. The summed E-state index contributed by atoms with van der Waals surface area (Å²) in [6.45, 7) is 0.385. The van der Waals surface area contributed by atoms with Crippen LogP contribution in [0.3, 0.4) is 0 Å².